The molecule has 1 amide bonds. The van der Waals surface area contributed by atoms with E-state index in [2.05, 4.69) is 13.8 Å². The highest BCUT2D eigenvalue weighted by molar-refractivity contribution is 5.81. The first kappa shape index (κ1) is 13.5. The van der Waals surface area contributed by atoms with E-state index in [1.165, 1.54) is 6.42 Å². The van der Waals surface area contributed by atoms with Gasteiger partial charge in [0.1, 0.15) is 6.04 Å². The van der Waals surface area contributed by atoms with E-state index < -0.39 is 6.04 Å². The van der Waals surface area contributed by atoms with Gasteiger partial charge in [-0.2, -0.15) is 0 Å². The number of carbonyl (C=O) groups excluding carboxylic acids is 1. The van der Waals surface area contributed by atoms with Crippen molar-refractivity contribution in [3.8, 4) is 0 Å². The Morgan fingerprint density at radius 2 is 2.12 bits per heavy atom. The zero-order valence-corrected chi connectivity index (χ0v) is 10.7. The van der Waals surface area contributed by atoms with Crippen molar-refractivity contribution >= 4 is 5.91 Å². The van der Waals surface area contributed by atoms with Crippen molar-refractivity contribution in [2.45, 2.75) is 39.2 Å². The average Bonchev–Trinajstić information content (AvgIpc) is 2.39. The third-order valence-corrected chi connectivity index (χ3v) is 3.32. The number of ether oxygens (including phenoxy) is 1. The minimum absolute atomic E-state index is 0.0274. The molecule has 0 radical (unpaired) electrons. The molecule has 1 saturated heterocycles. The molecule has 1 heterocycles. The first-order valence-electron chi connectivity index (χ1n) is 5.99. The second-order valence-electron chi connectivity index (χ2n) is 5.40. The number of methoxy groups -OCH3 is 1. The molecule has 0 aliphatic carbocycles. The molecule has 0 bridgehead atoms. The minimum atomic E-state index is -0.508. The number of nitrogens with zero attached hydrogens (tertiary/aromatic N) is 1. The number of hydrogen-bond acceptors (Lipinski definition) is 3. The van der Waals surface area contributed by atoms with Gasteiger partial charge in [-0.15, -0.1) is 0 Å². The highest BCUT2D eigenvalue weighted by atomic mass is 16.5. The highest BCUT2D eigenvalue weighted by Gasteiger charge is 2.27. The fourth-order valence-corrected chi connectivity index (χ4v) is 2.13. The van der Waals surface area contributed by atoms with Crippen LogP contribution in [0.3, 0.4) is 0 Å². The van der Waals surface area contributed by atoms with Crippen LogP contribution < -0.4 is 5.73 Å². The van der Waals surface area contributed by atoms with Crippen molar-refractivity contribution in [2.24, 2.45) is 11.1 Å². The molecule has 16 heavy (non-hydrogen) atoms. The van der Waals surface area contributed by atoms with Crippen LogP contribution in [0.25, 0.3) is 0 Å². The van der Waals surface area contributed by atoms with Gasteiger partial charge in [0.15, 0.2) is 0 Å². The van der Waals surface area contributed by atoms with Gasteiger partial charge in [-0.1, -0.05) is 13.8 Å². The van der Waals surface area contributed by atoms with E-state index in [-0.39, 0.29) is 5.91 Å². The fourth-order valence-electron chi connectivity index (χ4n) is 2.13. The SMILES string of the molecule is COCC(N)C(=O)N1CCCC(C)(C)CC1. The van der Waals surface area contributed by atoms with Gasteiger partial charge < -0.3 is 15.4 Å². The Labute approximate surface area is 98.1 Å². The lowest BCUT2D eigenvalue weighted by Crippen LogP contribution is -2.46. The summed E-state index contributed by atoms with van der Waals surface area (Å²) in [5.74, 6) is 0.0274. The van der Waals surface area contributed by atoms with Gasteiger partial charge in [-0.05, 0) is 24.7 Å². The molecule has 1 atom stereocenters. The Morgan fingerprint density at radius 1 is 1.44 bits per heavy atom. The Balaban J connectivity index is 2.51. The van der Waals surface area contributed by atoms with Crippen molar-refractivity contribution in [3.63, 3.8) is 0 Å². The van der Waals surface area contributed by atoms with E-state index in [1.807, 2.05) is 4.90 Å². The normalized spacial score (nSPS) is 22.6. The molecule has 0 aromatic heterocycles. The maximum Gasteiger partial charge on any atom is 0.241 e. The third-order valence-electron chi connectivity index (χ3n) is 3.32. The summed E-state index contributed by atoms with van der Waals surface area (Å²) in [6.45, 7) is 6.48. The Bertz CT molecular complexity index is 241. The van der Waals surface area contributed by atoms with Crippen LogP contribution >= 0.6 is 0 Å². The van der Waals surface area contributed by atoms with Gasteiger partial charge in [0.25, 0.3) is 0 Å². The average molecular weight is 228 g/mol. The number of hydrogen-bond donors (Lipinski definition) is 1. The lowest BCUT2D eigenvalue weighted by molar-refractivity contribution is -0.133. The van der Waals surface area contributed by atoms with Crippen LogP contribution in [0, 0.1) is 5.41 Å². The summed E-state index contributed by atoms with van der Waals surface area (Å²) >= 11 is 0. The van der Waals surface area contributed by atoms with Crippen molar-refractivity contribution in [2.75, 3.05) is 26.8 Å². The zero-order chi connectivity index (χ0) is 12.2. The summed E-state index contributed by atoms with van der Waals surface area (Å²) in [6, 6.07) is -0.508. The molecule has 4 heteroatoms. The lowest BCUT2D eigenvalue weighted by Gasteiger charge is -2.25. The fraction of sp³-hybridized carbons (Fsp3) is 0.917. The van der Waals surface area contributed by atoms with Crippen LogP contribution in [-0.2, 0) is 9.53 Å². The maximum absolute atomic E-state index is 12.0. The van der Waals surface area contributed by atoms with Gasteiger partial charge in [-0.3, -0.25) is 4.79 Å². The van der Waals surface area contributed by atoms with Gasteiger partial charge in [0.05, 0.1) is 6.61 Å². The predicted molar refractivity (Wildman–Crippen MR) is 64.1 cm³/mol. The molecule has 94 valence electrons. The Hall–Kier alpha value is -0.610. The van der Waals surface area contributed by atoms with E-state index in [4.69, 9.17) is 10.5 Å². The van der Waals surface area contributed by atoms with Crippen LogP contribution in [0.1, 0.15) is 33.1 Å². The van der Waals surface area contributed by atoms with Crippen molar-refractivity contribution in [1.82, 2.24) is 4.90 Å². The smallest absolute Gasteiger partial charge is 0.241 e. The Morgan fingerprint density at radius 3 is 2.75 bits per heavy atom. The summed E-state index contributed by atoms with van der Waals surface area (Å²) < 4.78 is 4.92. The largest absolute Gasteiger partial charge is 0.383 e. The maximum atomic E-state index is 12.0. The zero-order valence-electron chi connectivity index (χ0n) is 10.7. The number of carbonyl (C=O) groups is 1. The molecule has 2 N–H and O–H groups in total. The summed E-state index contributed by atoms with van der Waals surface area (Å²) in [5.41, 5.74) is 6.11. The van der Waals surface area contributed by atoms with Gasteiger partial charge >= 0.3 is 0 Å². The minimum Gasteiger partial charge on any atom is -0.383 e. The predicted octanol–water partition coefficient (Wildman–Crippen LogP) is 0.999. The summed E-state index contributed by atoms with van der Waals surface area (Å²) in [5, 5.41) is 0. The molecule has 1 unspecified atom stereocenters. The standard InChI is InChI=1S/C12H24N2O2/c1-12(2)5-4-7-14(8-6-12)11(15)10(13)9-16-3/h10H,4-9,13H2,1-3H3. The van der Waals surface area contributed by atoms with Gasteiger partial charge in [0, 0.05) is 20.2 Å². The summed E-state index contributed by atoms with van der Waals surface area (Å²) in [7, 11) is 1.57. The van der Waals surface area contributed by atoms with E-state index in [0.29, 0.717) is 12.0 Å². The molecule has 1 fully saturated rings. The van der Waals surface area contributed by atoms with E-state index >= 15 is 0 Å². The monoisotopic (exact) mass is 228 g/mol. The van der Waals surface area contributed by atoms with Crippen LogP contribution in [-0.4, -0.2) is 43.7 Å². The van der Waals surface area contributed by atoms with Crippen molar-refractivity contribution in [1.29, 1.82) is 0 Å². The molecule has 1 aliphatic rings. The summed E-state index contributed by atoms with van der Waals surface area (Å²) in [4.78, 5) is 13.9. The van der Waals surface area contributed by atoms with E-state index in [0.717, 1.165) is 25.9 Å². The number of rotatable bonds is 3. The Kier molecular flexibility index (Phi) is 4.74. The van der Waals surface area contributed by atoms with Crippen molar-refractivity contribution < 1.29 is 9.53 Å². The molecule has 1 aliphatic heterocycles. The van der Waals surface area contributed by atoms with E-state index in [1.54, 1.807) is 7.11 Å². The quantitative estimate of drug-likeness (QED) is 0.784. The first-order chi connectivity index (χ1) is 7.46. The van der Waals surface area contributed by atoms with Crippen LogP contribution in [0.15, 0.2) is 0 Å². The second kappa shape index (κ2) is 5.64. The topological polar surface area (TPSA) is 55.6 Å². The van der Waals surface area contributed by atoms with Crippen LogP contribution in [0.4, 0.5) is 0 Å². The molecular formula is C12H24N2O2. The molecule has 0 saturated carbocycles. The first-order valence-corrected chi connectivity index (χ1v) is 5.99. The van der Waals surface area contributed by atoms with Crippen LogP contribution in [0.2, 0.25) is 0 Å². The molecule has 0 aromatic carbocycles. The molecule has 0 aromatic rings. The van der Waals surface area contributed by atoms with E-state index in [9.17, 15) is 4.79 Å². The van der Waals surface area contributed by atoms with Gasteiger partial charge in [0.2, 0.25) is 5.91 Å². The lowest BCUT2D eigenvalue weighted by atomic mass is 9.85. The number of likely N-dealkylation sites (tertiary alicyclic amines) is 1. The molecule has 0 spiro atoms. The van der Waals surface area contributed by atoms with Gasteiger partial charge in [-0.25, -0.2) is 0 Å². The highest BCUT2D eigenvalue weighted by Crippen LogP contribution is 2.29. The third kappa shape index (κ3) is 3.76. The summed E-state index contributed by atoms with van der Waals surface area (Å²) in [6.07, 6.45) is 3.30. The number of amides is 1. The number of nitrogens with two attached hydrogens (primary N) is 1. The molecular weight excluding hydrogens is 204 g/mol. The van der Waals surface area contributed by atoms with Crippen LogP contribution in [0.5, 0.6) is 0 Å². The van der Waals surface area contributed by atoms with Crippen molar-refractivity contribution in [3.05, 3.63) is 0 Å². The molecule has 4 nitrogen and oxygen atoms in total. The molecule has 1 rings (SSSR count). The second-order valence-corrected chi connectivity index (χ2v) is 5.40.